The highest BCUT2D eigenvalue weighted by atomic mass is 35.5. The van der Waals surface area contributed by atoms with Crippen molar-refractivity contribution in [1.82, 2.24) is 9.62 Å². The lowest BCUT2D eigenvalue weighted by Crippen LogP contribution is -2.44. The van der Waals surface area contributed by atoms with E-state index in [1.807, 2.05) is 0 Å². The first-order valence-corrected chi connectivity index (χ1v) is 9.60. The van der Waals surface area contributed by atoms with Crippen LogP contribution < -0.4 is 5.32 Å². The van der Waals surface area contributed by atoms with Gasteiger partial charge in [0.15, 0.2) is 0 Å². The highest BCUT2D eigenvalue weighted by molar-refractivity contribution is 7.89. The van der Waals surface area contributed by atoms with Gasteiger partial charge in [0.25, 0.3) is 0 Å². The van der Waals surface area contributed by atoms with Crippen molar-refractivity contribution in [2.24, 2.45) is 0 Å². The minimum atomic E-state index is -4.11. The van der Waals surface area contributed by atoms with E-state index in [1.165, 1.54) is 30.3 Å². The van der Waals surface area contributed by atoms with Gasteiger partial charge in [-0.25, -0.2) is 17.2 Å². The summed E-state index contributed by atoms with van der Waals surface area (Å²) in [7, 11) is -4.11. The molecule has 1 atom stereocenters. The van der Waals surface area contributed by atoms with Crippen LogP contribution in [0.4, 0.5) is 8.78 Å². The minimum Gasteiger partial charge on any atom is -0.355 e. The average molecular weight is 401 g/mol. The van der Waals surface area contributed by atoms with Gasteiger partial charge in [0.1, 0.15) is 17.7 Å². The van der Waals surface area contributed by atoms with E-state index < -0.39 is 40.2 Å². The van der Waals surface area contributed by atoms with E-state index in [0.717, 1.165) is 10.4 Å². The Morgan fingerprint density at radius 1 is 1.15 bits per heavy atom. The SMILES string of the molecule is O=C1NCC[C@H]1N(Cc1ccc(F)cc1F)S(=O)(=O)c1ccc(Cl)cc1. The van der Waals surface area contributed by atoms with Crippen molar-refractivity contribution in [3.8, 4) is 0 Å². The van der Waals surface area contributed by atoms with Crippen LogP contribution in [0.3, 0.4) is 0 Å². The van der Waals surface area contributed by atoms with Gasteiger partial charge >= 0.3 is 0 Å². The van der Waals surface area contributed by atoms with Crippen molar-refractivity contribution in [3.63, 3.8) is 0 Å². The predicted molar refractivity (Wildman–Crippen MR) is 92.0 cm³/mol. The van der Waals surface area contributed by atoms with Crippen molar-refractivity contribution in [2.45, 2.75) is 23.9 Å². The highest BCUT2D eigenvalue weighted by Gasteiger charge is 2.38. The highest BCUT2D eigenvalue weighted by Crippen LogP contribution is 2.26. The van der Waals surface area contributed by atoms with Gasteiger partial charge < -0.3 is 5.32 Å². The second-order valence-electron chi connectivity index (χ2n) is 5.84. The van der Waals surface area contributed by atoms with Gasteiger partial charge in [-0.2, -0.15) is 4.31 Å². The molecule has 2 aromatic rings. The van der Waals surface area contributed by atoms with E-state index in [0.29, 0.717) is 17.6 Å². The Balaban J connectivity index is 2.03. The lowest BCUT2D eigenvalue weighted by Gasteiger charge is -2.26. The Bertz CT molecular complexity index is 936. The number of sulfonamides is 1. The monoisotopic (exact) mass is 400 g/mol. The zero-order valence-corrected chi connectivity index (χ0v) is 15.0. The fraction of sp³-hybridized carbons (Fsp3) is 0.235. The molecular weight excluding hydrogens is 386 g/mol. The Labute approximate surface area is 154 Å². The molecule has 1 amide bonds. The summed E-state index contributed by atoms with van der Waals surface area (Å²) < 4.78 is 54.3. The normalized spacial score (nSPS) is 17.5. The van der Waals surface area contributed by atoms with E-state index in [1.54, 1.807) is 0 Å². The molecule has 0 unspecified atom stereocenters. The molecule has 0 saturated carbocycles. The van der Waals surface area contributed by atoms with E-state index >= 15 is 0 Å². The minimum absolute atomic E-state index is 0.0244. The zero-order valence-electron chi connectivity index (χ0n) is 13.5. The summed E-state index contributed by atoms with van der Waals surface area (Å²) in [6.45, 7) is -0.0722. The van der Waals surface area contributed by atoms with Crippen LogP contribution in [0.5, 0.6) is 0 Å². The van der Waals surface area contributed by atoms with Crippen molar-refractivity contribution in [3.05, 3.63) is 64.7 Å². The molecule has 1 heterocycles. The molecule has 0 aromatic heterocycles. The number of benzene rings is 2. The Morgan fingerprint density at radius 3 is 2.42 bits per heavy atom. The smallest absolute Gasteiger partial charge is 0.244 e. The molecule has 1 N–H and O–H groups in total. The van der Waals surface area contributed by atoms with Crippen LogP contribution in [-0.2, 0) is 21.4 Å². The first kappa shape index (κ1) is 18.8. The molecule has 0 bridgehead atoms. The molecule has 1 fully saturated rings. The van der Waals surface area contributed by atoms with Crippen LogP contribution in [0.15, 0.2) is 47.4 Å². The quantitative estimate of drug-likeness (QED) is 0.839. The van der Waals surface area contributed by atoms with Gasteiger partial charge in [0, 0.05) is 29.7 Å². The maximum absolute atomic E-state index is 14.1. The molecule has 1 aliphatic heterocycles. The summed E-state index contributed by atoms with van der Waals surface area (Å²) in [4.78, 5) is 12.0. The average Bonchev–Trinajstić information content (AvgIpc) is 3.00. The lowest BCUT2D eigenvalue weighted by molar-refractivity contribution is -0.122. The van der Waals surface area contributed by atoms with Gasteiger partial charge in [-0.05, 0) is 36.8 Å². The Morgan fingerprint density at radius 2 is 1.85 bits per heavy atom. The van der Waals surface area contributed by atoms with E-state index in [9.17, 15) is 22.0 Å². The molecule has 0 spiro atoms. The van der Waals surface area contributed by atoms with Crippen LogP contribution in [0, 0.1) is 11.6 Å². The number of nitrogens with one attached hydrogen (secondary N) is 1. The van der Waals surface area contributed by atoms with Crippen LogP contribution in [-0.4, -0.2) is 31.2 Å². The van der Waals surface area contributed by atoms with Crippen LogP contribution >= 0.6 is 11.6 Å². The molecule has 1 aliphatic rings. The first-order chi connectivity index (χ1) is 12.3. The lowest BCUT2D eigenvalue weighted by atomic mass is 10.2. The number of nitrogens with zero attached hydrogens (tertiary/aromatic N) is 1. The van der Waals surface area contributed by atoms with Crippen molar-refractivity contribution >= 4 is 27.5 Å². The first-order valence-electron chi connectivity index (χ1n) is 7.78. The molecule has 1 saturated heterocycles. The predicted octanol–water partition coefficient (Wildman–Crippen LogP) is 2.70. The fourth-order valence-corrected chi connectivity index (χ4v) is 4.50. The number of hydrogen-bond donors (Lipinski definition) is 1. The largest absolute Gasteiger partial charge is 0.355 e. The van der Waals surface area contributed by atoms with Crippen LogP contribution in [0.2, 0.25) is 5.02 Å². The third-order valence-corrected chi connectivity index (χ3v) is 6.25. The molecule has 3 rings (SSSR count). The van der Waals surface area contributed by atoms with Gasteiger partial charge in [-0.3, -0.25) is 4.79 Å². The van der Waals surface area contributed by atoms with Crippen molar-refractivity contribution in [1.29, 1.82) is 0 Å². The molecule has 26 heavy (non-hydrogen) atoms. The van der Waals surface area contributed by atoms with Crippen LogP contribution in [0.1, 0.15) is 12.0 Å². The number of halogens is 3. The maximum Gasteiger partial charge on any atom is 0.244 e. The number of carbonyl (C=O) groups is 1. The number of carbonyl (C=O) groups excluding carboxylic acids is 1. The zero-order chi connectivity index (χ0) is 18.9. The summed E-state index contributed by atoms with van der Waals surface area (Å²) in [5.41, 5.74) is -0.0244. The van der Waals surface area contributed by atoms with Gasteiger partial charge in [-0.15, -0.1) is 0 Å². The summed E-state index contributed by atoms with van der Waals surface area (Å²) in [5, 5.41) is 2.93. The van der Waals surface area contributed by atoms with Crippen molar-refractivity contribution in [2.75, 3.05) is 6.54 Å². The molecule has 0 aliphatic carbocycles. The summed E-state index contributed by atoms with van der Waals surface area (Å²) in [6, 6.07) is 7.39. The Kier molecular flexibility index (Phi) is 5.27. The molecule has 2 aromatic carbocycles. The van der Waals surface area contributed by atoms with Crippen molar-refractivity contribution < 1.29 is 22.0 Å². The van der Waals surface area contributed by atoms with Gasteiger partial charge in [-0.1, -0.05) is 17.7 Å². The molecule has 0 radical (unpaired) electrons. The standard InChI is InChI=1S/C17H15ClF2N2O3S/c18-12-2-5-14(6-3-12)26(24,25)22(16-7-8-21-17(16)23)10-11-1-4-13(19)9-15(11)20/h1-6,9,16H,7-8,10H2,(H,21,23)/t16-/m1/s1. The number of amides is 1. The number of hydrogen-bond acceptors (Lipinski definition) is 3. The van der Waals surface area contributed by atoms with E-state index in [2.05, 4.69) is 5.32 Å². The van der Waals surface area contributed by atoms with E-state index in [4.69, 9.17) is 11.6 Å². The topological polar surface area (TPSA) is 66.5 Å². The summed E-state index contributed by atoms with van der Waals surface area (Å²) in [5.74, 6) is -2.10. The second kappa shape index (κ2) is 7.30. The van der Waals surface area contributed by atoms with Gasteiger partial charge in [0.2, 0.25) is 15.9 Å². The van der Waals surface area contributed by atoms with Gasteiger partial charge in [0.05, 0.1) is 4.90 Å². The van der Waals surface area contributed by atoms with E-state index in [-0.39, 0.29) is 16.9 Å². The molecule has 138 valence electrons. The third kappa shape index (κ3) is 3.72. The third-order valence-electron chi connectivity index (χ3n) is 4.13. The molecule has 9 heteroatoms. The summed E-state index contributed by atoms with van der Waals surface area (Å²) >= 11 is 5.80. The second-order valence-corrected chi connectivity index (χ2v) is 8.16. The Hall–Kier alpha value is -2.03. The fourth-order valence-electron chi connectivity index (χ4n) is 2.78. The maximum atomic E-state index is 14.1. The van der Waals surface area contributed by atoms with Crippen LogP contribution in [0.25, 0.3) is 0 Å². The summed E-state index contributed by atoms with van der Waals surface area (Å²) in [6.07, 6.45) is 0.258. The molecular formula is C17H15ClF2N2O3S. The molecule has 5 nitrogen and oxygen atoms in total. The number of rotatable bonds is 5.